The van der Waals surface area contributed by atoms with Crippen molar-refractivity contribution in [2.75, 3.05) is 6.61 Å². The first-order valence-corrected chi connectivity index (χ1v) is 12.9. The first-order valence-electron chi connectivity index (χ1n) is 12.9. The fourth-order valence-electron chi connectivity index (χ4n) is 6.08. The van der Waals surface area contributed by atoms with Crippen LogP contribution in [-0.4, -0.2) is 49.0 Å². The van der Waals surface area contributed by atoms with Gasteiger partial charge in [0.15, 0.2) is 11.2 Å². The standard InChI is InChI=1S/C28H28FN3O7/c1-4-28(38)16-7-20-23-14(9-32(20)24(34)15(16)10-39-26(28)36)22-18(31-25(35)27(3,37)11-33)6-5-13-12(2)17(29)8-19(30-23)21(13)22/h7-8,18,33,37-38H,4-6,9-11H2,1-3H3,(H,31,35). The highest BCUT2D eigenvalue weighted by molar-refractivity contribution is 5.94. The molecular weight excluding hydrogens is 509 g/mol. The van der Waals surface area contributed by atoms with Gasteiger partial charge in [-0.1, -0.05) is 6.92 Å². The maximum absolute atomic E-state index is 15.0. The summed E-state index contributed by atoms with van der Waals surface area (Å²) in [5.74, 6) is -2.02. The largest absolute Gasteiger partial charge is 0.458 e. The summed E-state index contributed by atoms with van der Waals surface area (Å²) >= 11 is 0. The quantitative estimate of drug-likeness (QED) is 0.285. The molecule has 0 fully saturated rings. The molecule has 0 saturated carbocycles. The number of aliphatic hydroxyl groups excluding tert-OH is 1. The molecule has 6 rings (SSSR count). The van der Waals surface area contributed by atoms with Crippen molar-refractivity contribution in [3.8, 4) is 11.4 Å². The monoisotopic (exact) mass is 537 g/mol. The molecule has 0 bridgehead atoms. The molecule has 4 heterocycles. The molecule has 1 aromatic carbocycles. The molecule has 3 unspecified atom stereocenters. The number of esters is 1. The predicted octanol–water partition coefficient (Wildman–Crippen LogP) is 1.37. The minimum absolute atomic E-state index is 0.00226. The summed E-state index contributed by atoms with van der Waals surface area (Å²) in [5.41, 5.74) is -0.425. The zero-order chi connectivity index (χ0) is 28.0. The highest BCUT2D eigenvalue weighted by atomic mass is 19.1. The van der Waals surface area contributed by atoms with Crippen molar-refractivity contribution in [1.29, 1.82) is 0 Å². The second-order valence-corrected chi connectivity index (χ2v) is 10.8. The smallest absolute Gasteiger partial charge is 0.343 e. The average molecular weight is 538 g/mol. The summed E-state index contributed by atoms with van der Waals surface area (Å²) in [6.45, 7) is 3.58. The number of hydrogen-bond acceptors (Lipinski definition) is 8. The van der Waals surface area contributed by atoms with Crippen molar-refractivity contribution >= 4 is 22.8 Å². The first-order chi connectivity index (χ1) is 18.4. The number of pyridine rings is 2. The third kappa shape index (κ3) is 3.43. The maximum atomic E-state index is 15.0. The molecule has 2 aliphatic heterocycles. The molecule has 3 aromatic rings. The SMILES string of the molecule is CCC1(O)C(=O)OCc2c1cc1n(c2=O)Cc2c-1nc1cc(F)c(C)c3c1c2C(NC(=O)C(C)(O)CO)CC3. The molecule has 11 heteroatoms. The van der Waals surface area contributed by atoms with E-state index < -0.39 is 47.1 Å². The van der Waals surface area contributed by atoms with E-state index >= 15 is 0 Å². The Morgan fingerprint density at radius 1 is 1.31 bits per heavy atom. The summed E-state index contributed by atoms with van der Waals surface area (Å²) in [7, 11) is 0. The number of aromatic nitrogens is 2. The number of halogens is 1. The van der Waals surface area contributed by atoms with Crippen molar-refractivity contribution in [2.24, 2.45) is 0 Å². The maximum Gasteiger partial charge on any atom is 0.343 e. The molecule has 2 aromatic heterocycles. The molecular formula is C28H28FN3O7. The van der Waals surface area contributed by atoms with Gasteiger partial charge in [0.1, 0.15) is 12.4 Å². The number of fused-ring (bicyclic) bond motifs is 5. The van der Waals surface area contributed by atoms with Crippen LogP contribution in [0.4, 0.5) is 4.39 Å². The second kappa shape index (κ2) is 8.41. The van der Waals surface area contributed by atoms with E-state index in [0.29, 0.717) is 51.8 Å². The summed E-state index contributed by atoms with van der Waals surface area (Å²) in [6.07, 6.45) is 0.845. The summed E-state index contributed by atoms with van der Waals surface area (Å²) in [5, 5.41) is 34.5. The predicted molar refractivity (Wildman–Crippen MR) is 136 cm³/mol. The fraction of sp³-hybridized carbons (Fsp3) is 0.429. The van der Waals surface area contributed by atoms with Crippen molar-refractivity contribution < 1.29 is 34.0 Å². The van der Waals surface area contributed by atoms with Gasteiger partial charge >= 0.3 is 5.97 Å². The zero-order valence-corrected chi connectivity index (χ0v) is 21.7. The number of nitrogens with one attached hydrogen (secondary N) is 1. The van der Waals surface area contributed by atoms with Crippen LogP contribution in [0.15, 0.2) is 16.9 Å². The van der Waals surface area contributed by atoms with Crippen LogP contribution in [0.1, 0.15) is 66.1 Å². The van der Waals surface area contributed by atoms with Crippen LogP contribution in [0.5, 0.6) is 0 Å². The average Bonchev–Trinajstić information content (AvgIpc) is 3.28. The number of rotatable bonds is 4. The fourth-order valence-corrected chi connectivity index (χ4v) is 6.08. The number of ether oxygens (including phenoxy) is 1. The van der Waals surface area contributed by atoms with E-state index in [2.05, 4.69) is 5.32 Å². The van der Waals surface area contributed by atoms with Gasteiger partial charge in [-0.3, -0.25) is 9.59 Å². The molecule has 1 amide bonds. The highest BCUT2D eigenvalue weighted by Crippen LogP contribution is 2.46. The van der Waals surface area contributed by atoms with Crippen LogP contribution in [0.2, 0.25) is 0 Å². The molecule has 10 nitrogen and oxygen atoms in total. The van der Waals surface area contributed by atoms with Crippen LogP contribution < -0.4 is 10.9 Å². The van der Waals surface area contributed by atoms with Crippen LogP contribution in [0.3, 0.4) is 0 Å². The summed E-state index contributed by atoms with van der Waals surface area (Å²) in [6, 6.07) is 2.30. The van der Waals surface area contributed by atoms with Crippen LogP contribution in [0, 0.1) is 12.7 Å². The number of carbonyl (C=O) groups is 2. The van der Waals surface area contributed by atoms with Gasteiger partial charge in [0.05, 0.1) is 41.7 Å². The Hall–Kier alpha value is -3.67. The third-order valence-electron chi connectivity index (χ3n) is 8.48. The molecule has 1 aliphatic carbocycles. The highest BCUT2D eigenvalue weighted by Gasteiger charge is 2.46. The molecule has 3 atom stereocenters. The van der Waals surface area contributed by atoms with Gasteiger partial charge in [-0.25, -0.2) is 14.2 Å². The van der Waals surface area contributed by atoms with Crippen LogP contribution in [-0.2, 0) is 39.5 Å². The van der Waals surface area contributed by atoms with Gasteiger partial charge in [0, 0.05) is 22.6 Å². The Kier molecular flexibility index (Phi) is 5.52. The minimum atomic E-state index is -2.01. The summed E-state index contributed by atoms with van der Waals surface area (Å²) < 4.78 is 21.6. The lowest BCUT2D eigenvalue weighted by Gasteiger charge is -2.32. The van der Waals surface area contributed by atoms with E-state index in [1.165, 1.54) is 17.6 Å². The second-order valence-electron chi connectivity index (χ2n) is 10.8. The Morgan fingerprint density at radius 2 is 2.05 bits per heavy atom. The van der Waals surface area contributed by atoms with E-state index in [4.69, 9.17) is 9.72 Å². The lowest BCUT2D eigenvalue weighted by Crippen LogP contribution is -2.48. The Morgan fingerprint density at radius 3 is 2.74 bits per heavy atom. The number of nitrogens with zero attached hydrogens (tertiary/aromatic N) is 2. The summed E-state index contributed by atoms with van der Waals surface area (Å²) in [4.78, 5) is 43.8. The van der Waals surface area contributed by atoms with Gasteiger partial charge in [0.25, 0.3) is 11.5 Å². The van der Waals surface area contributed by atoms with E-state index in [1.807, 2.05) is 0 Å². The molecule has 0 spiro atoms. The molecule has 0 radical (unpaired) electrons. The van der Waals surface area contributed by atoms with Crippen molar-refractivity contribution in [3.63, 3.8) is 0 Å². The van der Waals surface area contributed by atoms with Gasteiger partial charge in [-0.05, 0) is 55.9 Å². The van der Waals surface area contributed by atoms with Gasteiger partial charge in [-0.2, -0.15) is 0 Å². The van der Waals surface area contributed by atoms with E-state index in [-0.39, 0.29) is 30.7 Å². The van der Waals surface area contributed by atoms with E-state index in [1.54, 1.807) is 19.9 Å². The molecule has 4 N–H and O–H groups in total. The number of carbonyl (C=O) groups excluding carboxylic acids is 2. The Balaban J connectivity index is 1.62. The molecule has 0 saturated heterocycles. The number of benzene rings is 1. The van der Waals surface area contributed by atoms with Crippen LogP contribution >= 0.6 is 0 Å². The van der Waals surface area contributed by atoms with Crippen molar-refractivity contribution in [3.05, 3.63) is 61.7 Å². The Bertz CT molecular complexity index is 1680. The van der Waals surface area contributed by atoms with Gasteiger partial charge < -0.3 is 29.9 Å². The van der Waals surface area contributed by atoms with E-state index in [0.717, 1.165) is 5.56 Å². The lowest BCUT2D eigenvalue weighted by molar-refractivity contribution is -0.172. The first kappa shape index (κ1) is 25.6. The van der Waals surface area contributed by atoms with E-state index in [9.17, 15) is 34.1 Å². The van der Waals surface area contributed by atoms with Gasteiger partial charge in [0.2, 0.25) is 0 Å². The molecule has 3 aliphatic rings. The van der Waals surface area contributed by atoms with Crippen LogP contribution in [0.25, 0.3) is 22.3 Å². The Labute approximate surface area is 222 Å². The van der Waals surface area contributed by atoms with Gasteiger partial charge in [-0.15, -0.1) is 0 Å². The normalized spacial score (nSPS) is 22.5. The van der Waals surface area contributed by atoms with Crippen molar-refractivity contribution in [2.45, 2.75) is 70.4 Å². The third-order valence-corrected chi connectivity index (χ3v) is 8.48. The number of aryl methyl sites for hydroxylation is 1. The molecule has 204 valence electrons. The lowest BCUT2D eigenvalue weighted by atomic mass is 9.81. The number of cyclic esters (lactones) is 1. The zero-order valence-electron chi connectivity index (χ0n) is 21.7. The molecule has 39 heavy (non-hydrogen) atoms. The number of amides is 1. The van der Waals surface area contributed by atoms with Crippen molar-refractivity contribution in [1.82, 2.24) is 14.9 Å². The minimum Gasteiger partial charge on any atom is -0.458 e. The topological polar surface area (TPSA) is 151 Å². The number of aliphatic hydroxyl groups is 3. The number of hydrogen-bond donors (Lipinski definition) is 4.